The minimum absolute atomic E-state index is 0.121. The molecule has 1 aromatic heterocycles. The van der Waals surface area contributed by atoms with Crippen LogP contribution in [0.5, 0.6) is 0 Å². The highest BCUT2D eigenvalue weighted by atomic mass is 32.2. The summed E-state index contributed by atoms with van der Waals surface area (Å²) < 4.78 is 4.86. The molecule has 0 spiro atoms. The van der Waals surface area contributed by atoms with Gasteiger partial charge in [0.05, 0.1) is 4.92 Å². The van der Waals surface area contributed by atoms with E-state index in [1.54, 1.807) is 7.11 Å². The number of rotatable bonds is 7. The van der Waals surface area contributed by atoms with E-state index in [0.29, 0.717) is 18.8 Å². The largest absolute Gasteiger partial charge is 0.477 e. The van der Waals surface area contributed by atoms with Crippen molar-refractivity contribution in [3.05, 3.63) is 27.9 Å². The van der Waals surface area contributed by atoms with E-state index >= 15 is 0 Å². The average molecular weight is 272 g/mol. The van der Waals surface area contributed by atoms with Crippen molar-refractivity contribution in [2.75, 3.05) is 19.5 Å². The summed E-state index contributed by atoms with van der Waals surface area (Å²) in [5, 5.41) is 19.7. The molecule has 18 heavy (non-hydrogen) atoms. The molecular formula is C10H12N2O5S. The van der Waals surface area contributed by atoms with Gasteiger partial charge in [0.25, 0.3) is 0 Å². The maximum absolute atomic E-state index is 10.8. The van der Waals surface area contributed by atoms with E-state index in [0.717, 1.165) is 23.9 Å². The van der Waals surface area contributed by atoms with Crippen molar-refractivity contribution in [3.8, 4) is 0 Å². The highest BCUT2D eigenvalue weighted by Crippen LogP contribution is 2.27. The van der Waals surface area contributed by atoms with Gasteiger partial charge in [0.15, 0.2) is 5.03 Å². The Morgan fingerprint density at radius 3 is 2.89 bits per heavy atom. The Hall–Kier alpha value is -1.67. The topological polar surface area (TPSA) is 103 Å². The summed E-state index contributed by atoms with van der Waals surface area (Å²) in [6, 6.07) is 2.29. The number of nitrogens with zero attached hydrogens (tertiary/aromatic N) is 2. The lowest BCUT2D eigenvalue weighted by Crippen LogP contribution is -2.03. The van der Waals surface area contributed by atoms with Crippen molar-refractivity contribution in [2.45, 2.75) is 11.4 Å². The third-order valence-electron chi connectivity index (χ3n) is 1.99. The number of carboxylic acids is 1. The quantitative estimate of drug-likeness (QED) is 0.349. The molecule has 0 aromatic carbocycles. The number of thioether (sulfide) groups is 1. The van der Waals surface area contributed by atoms with Crippen LogP contribution >= 0.6 is 11.8 Å². The van der Waals surface area contributed by atoms with Gasteiger partial charge < -0.3 is 9.84 Å². The predicted octanol–water partition coefficient (Wildman–Crippen LogP) is 1.82. The summed E-state index contributed by atoms with van der Waals surface area (Å²) in [7, 11) is 1.57. The second-order valence-corrected chi connectivity index (χ2v) is 4.36. The second kappa shape index (κ2) is 6.92. The minimum atomic E-state index is -1.20. The molecule has 1 rings (SSSR count). The molecule has 1 heterocycles. The zero-order valence-corrected chi connectivity index (χ0v) is 10.5. The van der Waals surface area contributed by atoms with E-state index in [-0.39, 0.29) is 16.4 Å². The zero-order chi connectivity index (χ0) is 13.5. The number of methoxy groups -OCH3 is 1. The number of hydrogen-bond donors (Lipinski definition) is 1. The number of aromatic nitrogens is 1. The van der Waals surface area contributed by atoms with Gasteiger partial charge >= 0.3 is 11.7 Å². The number of pyridine rings is 1. The van der Waals surface area contributed by atoms with Gasteiger partial charge in [-0.15, -0.1) is 0 Å². The lowest BCUT2D eigenvalue weighted by Gasteiger charge is -2.03. The molecule has 0 fully saturated rings. The molecular weight excluding hydrogens is 260 g/mol. The van der Waals surface area contributed by atoms with Crippen LogP contribution in [0.1, 0.15) is 16.9 Å². The van der Waals surface area contributed by atoms with E-state index in [1.807, 2.05) is 0 Å². The van der Waals surface area contributed by atoms with Crippen molar-refractivity contribution < 1.29 is 19.6 Å². The summed E-state index contributed by atoms with van der Waals surface area (Å²) >= 11 is 1.15. The van der Waals surface area contributed by atoms with Gasteiger partial charge in [-0.2, -0.15) is 0 Å². The maximum atomic E-state index is 10.8. The summed E-state index contributed by atoms with van der Waals surface area (Å²) in [5.41, 5.74) is -0.378. The Labute approximate surface area is 107 Å². The molecule has 1 N–H and O–H groups in total. The van der Waals surface area contributed by atoms with Crippen molar-refractivity contribution in [2.24, 2.45) is 0 Å². The van der Waals surface area contributed by atoms with Crippen LogP contribution in [0.2, 0.25) is 0 Å². The molecule has 98 valence electrons. The maximum Gasteiger partial charge on any atom is 0.354 e. The Morgan fingerprint density at radius 2 is 2.33 bits per heavy atom. The van der Waals surface area contributed by atoms with E-state index in [4.69, 9.17) is 9.84 Å². The normalized spacial score (nSPS) is 10.3. The highest BCUT2D eigenvalue weighted by molar-refractivity contribution is 7.99. The van der Waals surface area contributed by atoms with Gasteiger partial charge in [0.1, 0.15) is 5.69 Å². The Morgan fingerprint density at radius 1 is 1.61 bits per heavy atom. The molecule has 0 unspecified atom stereocenters. The molecule has 0 aliphatic rings. The summed E-state index contributed by atoms with van der Waals surface area (Å²) in [6.07, 6.45) is 0.706. The molecule has 1 aromatic rings. The monoisotopic (exact) mass is 272 g/mol. The molecule has 8 heteroatoms. The average Bonchev–Trinajstić information content (AvgIpc) is 2.34. The molecule has 0 aliphatic carbocycles. The van der Waals surface area contributed by atoms with Crippen LogP contribution in [-0.2, 0) is 4.74 Å². The van der Waals surface area contributed by atoms with Gasteiger partial charge in [0.2, 0.25) is 0 Å². The summed E-state index contributed by atoms with van der Waals surface area (Å²) in [4.78, 5) is 24.7. The Balaban J connectivity index is 2.86. The van der Waals surface area contributed by atoms with Crippen LogP contribution in [0.15, 0.2) is 17.2 Å². The number of nitro groups is 1. The van der Waals surface area contributed by atoms with Crippen LogP contribution < -0.4 is 0 Å². The molecule has 0 radical (unpaired) electrons. The minimum Gasteiger partial charge on any atom is -0.477 e. The molecule has 0 atom stereocenters. The number of ether oxygens (including phenoxy) is 1. The van der Waals surface area contributed by atoms with Gasteiger partial charge in [0, 0.05) is 25.5 Å². The molecule has 0 aliphatic heterocycles. The van der Waals surface area contributed by atoms with Crippen LogP contribution in [0.25, 0.3) is 0 Å². The third-order valence-corrected chi connectivity index (χ3v) is 3.05. The Bertz CT molecular complexity index is 452. The first-order chi connectivity index (χ1) is 8.56. The second-order valence-electron chi connectivity index (χ2n) is 3.28. The lowest BCUT2D eigenvalue weighted by molar-refractivity contribution is -0.388. The SMILES string of the molecule is COCCCSc1nc(C(=O)O)ccc1[N+](=O)[O-]. The molecule has 0 amide bonds. The first-order valence-corrected chi connectivity index (χ1v) is 6.05. The smallest absolute Gasteiger partial charge is 0.354 e. The fourth-order valence-corrected chi connectivity index (χ4v) is 2.08. The molecule has 0 saturated heterocycles. The van der Waals surface area contributed by atoms with Crippen molar-refractivity contribution in [1.82, 2.24) is 4.98 Å². The number of hydrogen-bond acceptors (Lipinski definition) is 6. The van der Waals surface area contributed by atoms with Gasteiger partial charge in [-0.1, -0.05) is 11.8 Å². The third kappa shape index (κ3) is 3.97. The fraction of sp³-hybridized carbons (Fsp3) is 0.400. The number of carbonyl (C=O) groups is 1. The van der Waals surface area contributed by atoms with Crippen molar-refractivity contribution in [1.29, 1.82) is 0 Å². The zero-order valence-electron chi connectivity index (χ0n) is 9.66. The molecule has 0 saturated carbocycles. The first kappa shape index (κ1) is 14.4. The Kier molecular flexibility index (Phi) is 5.53. The first-order valence-electron chi connectivity index (χ1n) is 5.06. The van der Waals surface area contributed by atoms with Gasteiger partial charge in [-0.3, -0.25) is 10.1 Å². The van der Waals surface area contributed by atoms with E-state index in [1.165, 1.54) is 0 Å². The van der Waals surface area contributed by atoms with Crippen LogP contribution in [0, 0.1) is 10.1 Å². The summed E-state index contributed by atoms with van der Waals surface area (Å²) in [6.45, 7) is 0.541. The van der Waals surface area contributed by atoms with Crippen molar-refractivity contribution >= 4 is 23.4 Å². The summed E-state index contributed by atoms with van der Waals surface area (Å²) in [5.74, 6) is -0.631. The van der Waals surface area contributed by atoms with Crippen molar-refractivity contribution in [3.63, 3.8) is 0 Å². The van der Waals surface area contributed by atoms with Gasteiger partial charge in [-0.05, 0) is 12.5 Å². The number of aromatic carboxylic acids is 1. The van der Waals surface area contributed by atoms with E-state index in [2.05, 4.69) is 4.98 Å². The van der Waals surface area contributed by atoms with Crippen LogP contribution in [0.3, 0.4) is 0 Å². The fourth-order valence-electron chi connectivity index (χ4n) is 1.17. The predicted molar refractivity (Wildman–Crippen MR) is 65.1 cm³/mol. The van der Waals surface area contributed by atoms with Crippen LogP contribution in [0.4, 0.5) is 5.69 Å². The van der Waals surface area contributed by atoms with E-state index in [9.17, 15) is 14.9 Å². The molecule has 7 nitrogen and oxygen atoms in total. The molecule has 0 bridgehead atoms. The van der Waals surface area contributed by atoms with E-state index < -0.39 is 10.9 Å². The van der Waals surface area contributed by atoms with Crippen LogP contribution in [-0.4, -0.2) is 40.5 Å². The highest BCUT2D eigenvalue weighted by Gasteiger charge is 2.18. The van der Waals surface area contributed by atoms with Gasteiger partial charge in [-0.25, -0.2) is 9.78 Å². The lowest BCUT2D eigenvalue weighted by atomic mass is 10.3. The standard InChI is InChI=1S/C10H12N2O5S/c1-17-5-2-6-18-9-8(12(15)16)4-3-7(11-9)10(13)14/h3-4H,2,5-6H2,1H3,(H,13,14). The number of carboxylic acid groups (broad SMARTS) is 1.